The van der Waals surface area contributed by atoms with E-state index >= 15 is 0 Å². The van der Waals surface area contributed by atoms with E-state index in [4.69, 9.17) is 0 Å². The Hall–Kier alpha value is -1.04. The third-order valence-electron chi connectivity index (χ3n) is 5.84. The highest BCUT2D eigenvalue weighted by atomic mass is 14.5. The van der Waals surface area contributed by atoms with Gasteiger partial charge in [-0.05, 0) is 57.1 Å². The summed E-state index contributed by atoms with van der Waals surface area (Å²) in [5, 5.41) is 0. The Kier molecular flexibility index (Phi) is 4.38. The molecule has 0 bridgehead atoms. The minimum absolute atomic E-state index is 0.253. The second-order valence-electron chi connectivity index (χ2n) is 7.59. The van der Waals surface area contributed by atoms with E-state index in [9.17, 15) is 0 Å². The smallest absolute Gasteiger partial charge is 0.00705 e. The van der Waals surface area contributed by atoms with Gasteiger partial charge in [-0.15, -0.1) is 0 Å². The molecule has 0 fully saturated rings. The molecule has 0 N–H and O–H groups in total. The number of hydrogen-bond acceptors (Lipinski definition) is 0. The number of allylic oxidation sites excluding steroid dienone is 8. The van der Waals surface area contributed by atoms with E-state index in [2.05, 4.69) is 67.5 Å². The molecule has 2 rings (SSSR count). The Morgan fingerprint density at radius 3 is 1.33 bits per heavy atom. The van der Waals surface area contributed by atoms with Crippen LogP contribution in [0.2, 0.25) is 0 Å². The van der Waals surface area contributed by atoms with Gasteiger partial charge in [-0.3, -0.25) is 0 Å². The lowest BCUT2D eigenvalue weighted by atomic mass is 9.62. The van der Waals surface area contributed by atoms with E-state index in [1.165, 1.54) is 0 Å². The van der Waals surface area contributed by atoms with Crippen LogP contribution in [0.4, 0.5) is 0 Å². The maximum atomic E-state index is 2.47. The van der Waals surface area contributed by atoms with Crippen molar-refractivity contribution in [2.45, 2.75) is 68.2 Å². The van der Waals surface area contributed by atoms with Gasteiger partial charge >= 0.3 is 0 Å². The number of rotatable bonds is 4. The van der Waals surface area contributed by atoms with E-state index in [0.29, 0.717) is 11.8 Å². The van der Waals surface area contributed by atoms with Gasteiger partial charge in [0.25, 0.3) is 0 Å². The van der Waals surface area contributed by atoms with Gasteiger partial charge in [0.1, 0.15) is 0 Å². The van der Waals surface area contributed by atoms with Crippen molar-refractivity contribution in [2.24, 2.45) is 17.3 Å². The normalized spacial score (nSPS) is 26.7. The van der Waals surface area contributed by atoms with Gasteiger partial charge < -0.3 is 0 Å². The van der Waals surface area contributed by atoms with Crippen LogP contribution in [0.3, 0.4) is 0 Å². The predicted molar refractivity (Wildman–Crippen MR) is 94.3 cm³/mol. The summed E-state index contributed by atoms with van der Waals surface area (Å²) in [5.41, 5.74) is 9.68. The quantitative estimate of drug-likeness (QED) is 0.544. The van der Waals surface area contributed by atoms with Crippen molar-refractivity contribution in [3.05, 3.63) is 45.6 Å². The fourth-order valence-electron chi connectivity index (χ4n) is 5.22. The molecule has 0 spiro atoms. The molecule has 0 aliphatic heterocycles. The van der Waals surface area contributed by atoms with Crippen LogP contribution in [0.5, 0.6) is 0 Å². The SMILES string of the molecule is CCC1=C(C)C(C(C)(C)C2C(C)=CC(CC)=C2C)C(C)=C1. The molecule has 0 heterocycles. The molecule has 116 valence electrons. The predicted octanol–water partition coefficient (Wildman–Crippen LogP) is 6.62. The summed E-state index contributed by atoms with van der Waals surface area (Å²) in [4.78, 5) is 0. The minimum Gasteiger partial charge on any atom is -0.0653 e. The fourth-order valence-corrected chi connectivity index (χ4v) is 5.22. The lowest BCUT2D eigenvalue weighted by molar-refractivity contribution is 0.216. The maximum Gasteiger partial charge on any atom is 0.00705 e. The highest BCUT2D eigenvalue weighted by Gasteiger charge is 2.44. The first-order chi connectivity index (χ1) is 9.75. The second-order valence-corrected chi connectivity index (χ2v) is 7.59. The molecule has 0 amide bonds. The van der Waals surface area contributed by atoms with Crippen LogP contribution in [0.1, 0.15) is 68.2 Å². The standard InChI is InChI=1S/C21H32/c1-9-17-11-13(3)19(15(17)5)21(7,8)20-14(4)12-18(10-2)16(20)6/h11-12,19-20H,9-10H2,1-8H3. The molecule has 0 aromatic rings. The molecule has 0 heteroatoms. The van der Waals surface area contributed by atoms with Crippen molar-refractivity contribution in [3.63, 3.8) is 0 Å². The zero-order valence-electron chi connectivity index (χ0n) is 15.2. The van der Waals surface area contributed by atoms with Crippen LogP contribution < -0.4 is 0 Å². The molecule has 2 unspecified atom stereocenters. The third-order valence-corrected chi connectivity index (χ3v) is 5.84. The zero-order valence-corrected chi connectivity index (χ0v) is 15.2. The maximum absolute atomic E-state index is 2.47. The zero-order chi connectivity index (χ0) is 15.9. The van der Waals surface area contributed by atoms with Crippen molar-refractivity contribution in [1.82, 2.24) is 0 Å². The van der Waals surface area contributed by atoms with E-state index in [0.717, 1.165) is 12.8 Å². The van der Waals surface area contributed by atoms with Crippen LogP contribution in [0, 0.1) is 17.3 Å². The topological polar surface area (TPSA) is 0 Å². The molecule has 0 radical (unpaired) electrons. The molecule has 0 aromatic heterocycles. The fraction of sp³-hybridized carbons (Fsp3) is 0.619. The first-order valence-corrected chi connectivity index (χ1v) is 8.51. The van der Waals surface area contributed by atoms with Crippen LogP contribution >= 0.6 is 0 Å². The van der Waals surface area contributed by atoms with Crippen molar-refractivity contribution in [1.29, 1.82) is 0 Å². The van der Waals surface area contributed by atoms with Gasteiger partial charge in [-0.1, -0.05) is 62.1 Å². The van der Waals surface area contributed by atoms with Crippen molar-refractivity contribution < 1.29 is 0 Å². The Labute approximate surface area is 131 Å². The van der Waals surface area contributed by atoms with Gasteiger partial charge in [-0.25, -0.2) is 0 Å². The minimum atomic E-state index is 0.253. The Morgan fingerprint density at radius 2 is 1.10 bits per heavy atom. The van der Waals surface area contributed by atoms with Gasteiger partial charge in [0, 0.05) is 11.8 Å². The lowest BCUT2D eigenvalue weighted by Crippen LogP contribution is -2.34. The van der Waals surface area contributed by atoms with Gasteiger partial charge in [0.15, 0.2) is 0 Å². The molecular weight excluding hydrogens is 252 g/mol. The first-order valence-electron chi connectivity index (χ1n) is 8.51. The van der Waals surface area contributed by atoms with Gasteiger partial charge in [0.2, 0.25) is 0 Å². The van der Waals surface area contributed by atoms with Crippen LogP contribution in [0.15, 0.2) is 45.6 Å². The molecular formula is C21H32. The summed E-state index contributed by atoms with van der Waals surface area (Å²) in [7, 11) is 0. The van der Waals surface area contributed by atoms with Gasteiger partial charge in [-0.2, -0.15) is 0 Å². The van der Waals surface area contributed by atoms with Crippen LogP contribution in [-0.4, -0.2) is 0 Å². The average Bonchev–Trinajstić information content (AvgIpc) is 2.86. The summed E-state index contributed by atoms with van der Waals surface area (Å²) in [6, 6.07) is 0. The molecule has 2 aliphatic rings. The molecule has 0 nitrogen and oxygen atoms in total. The lowest BCUT2D eigenvalue weighted by Gasteiger charge is -2.41. The summed E-state index contributed by atoms with van der Waals surface area (Å²) in [5.74, 6) is 1.18. The molecule has 2 aliphatic carbocycles. The Balaban J connectivity index is 2.45. The average molecular weight is 284 g/mol. The van der Waals surface area contributed by atoms with E-state index < -0.39 is 0 Å². The molecule has 2 atom stereocenters. The van der Waals surface area contributed by atoms with Crippen molar-refractivity contribution in [3.8, 4) is 0 Å². The second kappa shape index (κ2) is 5.63. The van der Waals surface area contributed by atoms with E-state index in [1.54, 1.807) is 33.4 Å². The highest BCUT2D eigenvalue weighted by molar-refractivity contribution is 5.47. The van der Waals surface area contributed by atoms with Crippen LogP contribution in [-0.2, 0) is 0 Å². The Morgan fingerprint density at radius 1 is 0.762 bits per heavy atom. The molecule has 0 saturated heterocycles. The first kappa shape index (κ1) is 16.3. The summed E-state index contributed by atoms with van der Waals surface area (Å²) < 4.78 is 0. The van der Waals surface area contributed by atoms with E-state index in [1.807, 2.05) is 0 Å². The van der Waals surface area contributed by atoms with Crippen molar-refractivity contribution in [2.75, 3.05) is 0 Å². The molecule has 0 saturated carbocycles. The summed E-state index contributed by atoms with van der Waals surface area (Å²) in [6.07, 6.45) is 7.19. The molecule has 21 heavy (non-hydrogen) atoms. The van der Waals surface area contributed by atoms with Crippen molar-refractivity contribution >= 4 is 0 Å². The largest absolute Gasteiger partial charge is 0.0653 e. The van der Waals surface area contributed by atoms with Gasteiger partial charge in [0.05, 0.1) is 0 Å². The van der Waals surface area contributed by atoms with E-state index in [-0.39, 0.29) is 5.41 Å². The summed E-state index contributed by atoms with van der Waals surface area (Å²) >= 11 is 0. The molecule has 0 aromatic carbocycles. The highest BCUT2D eigenvalue weighted by Crippen LogP contribution is 2.54. The third kappa shape index (κ3) is 2.47. The number of hydrogen-bond donors (Lipinski definition) is 0. The monoisotopic (exact) mass is 284 g/mol. The Bertz CT molecular complexity index is 511. The summed E-state index contributed by atoms with van der Waals surface area (Å²) in [6.45, 7) is 18.9. The van der Waals surface area contributed by atoms with Crippen LogP contribution in [0.25, 0.3) is 0 Å².